The topological polar surface area (TPSA) is 70.9 Å². The van der Waals surface area contributed by atoms with Gasteiger partial charge in [-0.1, -0.05) is 0 Å². The minimum absolute atomic E-state index is 0.103. The van der Waals surface area contributed by atoms with Crippen molar-refractivity contribution in [2.75, 3.05) is 5.73 Å². The number of fused-ring (bicyclic) bond motifs is 1. The zero-order valence-corrected chi connectivity index (χ0v) is 12.8. The standard InChI is InChI=1S/C16H17N3OS/c1-9-5-13(21-10(9)2)8-18-16(20)15-7-11-6-12(17)3-4-14(11)19-15/h3-7,19H,8,17H2,1-2H3,(H,18,20). The summed E-state index contributed by atoms with van der Waals surface area (Å²) in [7, 11) is 0. The predicted octanol–water partition coefficient (Wildman–Crippen LogP) is 3.36. The molecular formula is C16H17N3OS. The minimum atomic E-state index is -0.103. The van der Waals surface area contributed by atoms with E-state index in [0.29, 0.717) is 17.9 Å². The van der Waals surface area contributed by atoms with E-state index in [9.17, 15) is 4.79 Å². The number of H-pyrrole nitrogens is 1. The number of aromatic amines is 1. The summed E-state index contributed by atoms with van der Waals surface area (Å²) in [6.07, 6.45) is 0. The summed E-state index contributed by atoms with van der Waals surface area (Å²) in [4.78, 5) is 17.8. The number of nitrogens with two attached hydrogens (primary N) is 1. The van der Waals surface area contributed by atoms with Crippen molar-refractivity contribution >= 4 is 33.8 Å². The number of amides is 1. The monoisotopic (exact) mass is 299 g/mol. The summed E-state index contributed by atoms with van der Waals surface area (Å²) in [6, 6.07) is 9.50. The van der Waals surface area contributed by atoms with E-state index in [2.05, 4.69) is 30.2 Å². The number of anilines is 1. The van der Waals surface area contributed by atoms with Crippen LogP contribution in [-0.4, -0.2) is 10.9 Å². The number of carbonyl (C=O) groups excluding carboxylic acids is 1. The molecule has 3 rings (SSSR count). The summed E-state index contributed by atoms with van der Waals surface area (Å²) in [5, 5.41) is 3.89. The van der Waals surface area contributed by atoms with Crippen LogP contribution < -0.4 is 11.1 Å². The Bertz CT molecular complexity index is 797. The van der Waals surface area contributed by atoms with Crippen molar-refractivity contribution < 1.29 is 4.79 Å². The van der Waals surface area contributed by atoms with Crippen molar-refractivity contribution in [1.82, 2.24) is 10.3 Å². The molecule has 0 saturated carbocycles. The minimum Gasteiger partial charge on any atom is -0.399 e. The van der Waals surface area contributed by atoms with E-state index < -0.39 is 0 Å². The summed E-state index contributed by atoms with van der Waals surface area (Å²) < 4.78 is 0. The van der Waals surface area contributed by atoms with Gasteiger partial charge in [0.25, 0.3) is 5.91 Å². The third kappa shape index (κ3) is 2.78. The van der Waals surface area contributed by atoms with E-state index in [1.165, 1.54) is 15.3 Å². The number of aryl methyl sites for hydroxylation is 2. The second-order valence-electron chi connectivity index (χ2n) is 5.16. The second-order valence-corrected chi connectivity index (χ2v) is 6.51. The van der Waals surface area contributed by atoms with Gasteiger partial charge in [-0.2, -0.15) is 0 Å². The molecule has 0 aliphatic carbocycles. The first kappa shape index (κ1) is 13.7. The fourth-order valence-corrected chi connectivity index (χ4v) is 3.27. The number of carbonyl (C=O) groups is 1. The zero-order valence-electron chi connectivity index (χ0n) is 12.0. The van der Waals surface area contributed by atoms with Crippen molar-refractivity contribution in [3.63, 3.8) is 0 Å². The molecule has 0 unspecified atom stereocenters. The highest BCUT2D eigenvalue weighted by Gasteiger charge is 2.10. The van der Waals surface area contributed by atoms with Gasteiger partial charge in [0.05, 0.1) is 6.54 Å². The maximum absolute atomic E-state index is 12.2. The lowest BCUT2D eigenvalue weighted by Crippen LogP contribution is -2.22. The molecule has 3 aromatic rings. The third-order valence-corrected chi connectivity index (χ3v) is 4.68. The molecule has 2 aromatic heterocycles. The lowest BCUT2D eigenvalue weighted by atomic mass is 10.2. The molecule has 0 bridgehead atoms. The SMILES string of the molecule is Cc1cc(CNC(=O)c2cc3cc(N)ccc3[nH]2)sc1C. The average molecular weight is 299 g/mol. The van der Waals surface area contributed by atoms with Gasteiger partial charge in [0.15, 0.2) is 0 Å². The largest absolute Gasteiger partial charge is 0.399 e. The highest BCUT2D eigenvalue weighted by atomic mass is 32.1. The molecule has 0 aliphatic rings. The van der Waals surface area contributed by atoms with Gasteiger partial charge in [-0.05, 0) is 49.7 Å². The van der Waals surface area contributed by atoms with Gasteiger partial charge in [0, 0.05) is 26.3 Å². The van der Waals surface area contributed by atoms with Gasteiger partial charge in [-0.15, -0.1) is 11.3 Å². The van der Waals surface area contributed by atoms with Gasteiger partial charge in [0.1, 0.15) is 5.69 Å². The van der Waals surface area contributed by atoms with E-state index in [-0.39, 0.29) is 5.91 Å². The number of aromatic nitrogens is 1. The maximum atomic E-state index is 12.2. The number of thiophene rings is 1. The molecule has 21 heavy (non-hydrogen) atoms. The van der Waals surface area contributed by atoms with Crippen LogP contribution in [0.2, 0.25) is 0 Å². The number of hydrogen-bond donors (Lipinski definition) is 3. The average Bonchev–Trinajstić information content (AvgIpc) is 3.00. The fraction of sp³-hybridized carbons (Fsp3) is 0.188. The molecule has 5 heteroatoms. The second kappa shape index (κ2) is 5.26. The van der Waals surface area contributed by atoms with E-state index in [0.717, 1.165) is 10.9 Å². The van der Waals surface area contributed by atoms with Crippen LogP contribution in [0.3, 0.4) is 0 Å². The normalized spacial score (nSPS) is 11.0. The molecule has 0 atom stereocenters. The van der Waals surface area contributed by atoms with Crippen molar-refractivity contribution in [2.24, 2.45) is 0 Å². The highest BCUT2D eigenvalue weighted by molar-refractivity contribution is 7.12. The van der Waals surface area contributed by atoms with Crippen LogP contribution in [-0.2, 0) is 6.54 Å². The first-order chi connectivity index (χ1) is 10.0. The van der Waals surface area contributed by atoms with Crippen LogP contribution in [0.5, 0.6) is 0 Å². The number of nitrogen functional groups attached to an aromatic ring is 1. The van der Waals surface area contributed by atoms with Crippen LogP contribution >= 0.6 is 11.3 Å². The quantitative estimate of drug-likeness (QED) is 0.649. The lowest BCUT2D eigenvalue weighted by Gasteiger charge is -2.01. The molecule has 0 fully saturated rings. The molecule has 0 saturated heterocycles. The van der Waals surface area contributed by atoms with Crippen LogP contribution in [0.4, 0.5) is 5.69 Å². The molecule has 1 amide bonds. The van der Waals surface area contributed by atoms with Crippen LogP contribution in [0.1, 0.15) is 25.8 Å². The van der Waals surface area contributed by atoms with Gasteiger partial charge >= 0.3 is 0 Å². The molecule has 0 spiro atoms. The summed E-state index contributed by atoms with van der Waals surface area (Å²) in [5.74, 6) is -0.103. The van der Waals surface area contributed by atoms with Crippen LogP contribution in [0.15, 0.2) is 30.3 Å². The van der Waals surface area contributed by atoms with Crippen LogP contribution in [0, 0.1) is 13.8 Å². The van der Waals surface area contributed by atoms with Gasteiger partial charge < -0.3 is 16.0 Å². The molecule has 108 valence electrons. The zero-order chi connectivity index (χ0) is 15.0. The lowest BCUT2D eigenvalue weighted by molar-refractivity contribution is 0.0947. The van der Waals surface area contributed by atoms with Crippen LogP contribution in [0.25, 0.3) is 10.9 Å². The number of rotatable bonds is 3. The number of hydrogen-bond acceptors (Lipinski definition) is 3. The Kier molecular flexibility index (Phi) is 3.43. The Hall–Kier alpha value is -2.27. The molecule has 0 aliphatic heterocycles. The Balaban J connectivity index is 1.74. The van der Waals surface area contributed by atoms with E-state index in [1.807, 2.05) is 24.3 Å². The van der Waals surface area contributed by atoms with Crippen molar-refractivity contribution in [1.29, 1.82) is 0 Å². The Labute approximate surface area is 127 Å². The summed E-state index contributed by atoms with van der Waals surface area (Å²) >= 11 is 1.72. The first-order valence-corrected chi connectivity index (χ1v) is 7.57. The van der Waals surface area contributed by atoms with E-state index in [4.69, 9.17) is 5.73 Å². The number of benzene rings is 1. The van der Waals surface area contributed by atoms with Gasteiger partial charge in [0.2, 0.25) is 0 Å². The Morgan fingerprint density at radius 2 is 2.10 bits per heavy atom. The maximum Gasteiger partial charge on any atom is 0.268 e. The predicted molar refractivity (Wildman–Crippen MR) is 87.7 cm³/mol. The first-order valence-electron chi connectivity index (χ1n) is 6.75. The fourth-order valence-electron chi connectivity index (χ4n) is 2.27. The smallest absolute Gasteiger partial charge is 0.268 e. The van der Waals surface area contributed by atoms with E-state index >= 15 is 0 Å². The molecule has 2 heterocycles. The van der Waals surface area contributed by atoms with Gasteiger partial charge in [-0.3, -0.25) is 4.79 Å². The Morgan fingerprint density at radius 3 is 2.81 bits per heavy atom. The molecule has 0 radical (unpaired) electrons. The highest BCUT2D eigenvalue weighted by Crippen LogP contribution is 2.21. The molecule has 4 N–H and O–H groups in total. The van der Waals surface area contributed by atoms with Crippen molar-refractivity contribution in [3.05, 3.63) is 51.3 Å². The third-order valence-electron chi connectivity index (χ3n) is 3.53. The summed E-state index contributed by atoms with van der Waals surface area (Å²) in [5.41, 5.74) is 9.18. The number of nitrogens with one attached hydrogen (secondary N) is 2. The Morgan fingerprint density at radius 1 is 1.29 bits per heavy atom. The van der Waals surface area contributed by atoms with Crippen molar-refractivity contribution in [3.8, 4) is 0 Å². The van der Waals surface area contributed by atoms with Crippen molar-refractivity contribution in [2.45, 2.75) is 20.4 Å². The molecule has 1 aromatic carbocycles. The van der Waals surface area contributed by atoms with Gasteiger partial charge in [-0.25, -0.2) is 0 Å². The molecular weight excluding hydrogens is 282 g/mol. The molecule has 4 nitrogen and oxygen atoms in total. The van der Waals surface area contributed by atoms with E-state index in [1.54, 1.807) is 11.3 Å². The summed E-state index contributed by atoms with van der Waals surface area (Å²) in [6.45, 7) is 4.72.